The number of hydrogen-bond acceptors (Lipinski definition) is 1. The van der Waals surface area contributed by atoms with E-state index in [1.165, 1.54) is 12.1 Å². The lowest BCUT2D eigenvalue weighted by atomic mass is 10.0. The zero-order chi connectivity index (χ0) is 12.3. The molecule has 0 amide bonds. The summed E-state index contributed by atoms with van der Waals surface area (Å²) in [6.07, 6.45) is -5.94. The molecule has 0 heterocycles. The summed E-state index contributed by atoms with van der Waals surface area (Å²) in [5.74, 6) is -2.29. The van der Waals surface area contributed by atoms with Crippen molar-refractivity contribution in [1.82, 2.24) is 0 Å². The van der Waals surface area contributed by atoms with Crippen molar-refractivity contribution in [1.29, 1.82) is 0 Å². The Hall–Kier alpha value is -1.17. The third kappa shape index (κ3) is 3.44. The maximum atomic E-state index is 13.1. The molecule has 0 unspecified atom stereocenters. The van der Waals surface area contributed by atoms with Gasteiger partial charge < -0.3 is 5.73 Å². The van der Waals surface area contributed by atoms with E-state index in [0.29, 0.717) is 0 Å². The van der Waals surface area contributed by atoms with Gasteiger partial charge in [0.2, 0.25) is 0 Å². The van der Waals surface area contributed by atoms with Gasteiger partial charge in [0.1, 0.15) is 0 Å². The predicted octanol–water partition coefficient (Wildman–Crippen LogP) is 3.31. The summed E-state index contributed by atoms with van der Waals surface area (Å²) >= 11 is 0. The van der Waals surface area contributed by atoms with E-state index >= 15 is 0 Å². The molecule has 0 aliphatic rings. The van der Waals surface area contributed by atoms with E-state index < -0.39 is 36.7 Å². The average Bonchev–Trinajstić information content (AvgIpc) is 2.17. The summed E-state index contributed by atoms with van der Waals surface area (Å²) in [6, 6.07) is 2.12. The second kappa shape index (κ2) is 4.78. The summed E-state index contributed by atoms with van der Waals surface area (Å²) in [7, 11) is 0. The van der Waals surface area contributed by atoms with Gasteiger partial charge in [-0.15, -0.1) is 0 Å². The van der Waals surface area contributed by atoms with E-state index in [1.54, 1.807) is 0 Å². The van der Waals surface area contributed by atoms with Crippen LogP contribution in [-0.2, 0) is 0 Å². The van der Waals surface area contributed by atoms with Gasteiger partial charge in [0.15, 0.2) is 11.6 Å². The fourth-order valence-electron chi connectivity index (χ4n) is 1.28. The molecule has 0 saturated carbocycles. The Morgan fingerprint density at radius 1 is 1.19 bits per heavy atom. The summed E-state index contributed by atoms with van der Waals surface area (Å²) in [4.78, 5) is 0. The molecule has 0 aliphatic heterocycles. The lowest BCUT2D eigenvalue weighted by Gasteiger charge is -2.14. The van der Waals surface area contributed by atoms with Crippen molar-refractivity contribution >= 4 is 0 Å². The first-order valence-corrected chi connectivity index (χ1v) is 4.57. The van der Waals surface area contributed by atoms with Gasteiger partial charge in [-0.05, 0) is 12.5 Å². The van der Waals surface area contributed by atoms with Crippen molar-refractivity contribution in [2.75, 3.05) is 0 Å². The van der Waals surface area contributed by atoms with Crippen molar-refractivity contribution in [3.8, 4) is 0 Å². The second-order valence-electron chi connectivity index (χ2n) is 3.40. The molecular weight excluding hydrogens is 229 g/mol. The van der Waals surface area contributed by atoms with Crippen LogP contribution in [0.4, 0.5) is 22.0 Å². The van der Waals surface area contributed by atoms with Crippen molar-refractivity contribution in [3.05, 3.63) is 35.4 Å². The van der Waals surface area contributed by atoms with E-state index in [1.807, 2.05) is 0 Å². The first kappa shape index (κ1) is 12.9. The molecule has 0 radical (unpaired) electrons. The maximum absolute atomic E-state index is 13.1. The number of alkyl halides is 3. The van der Waals surface area contributed by atoms with Crippen molar-refractivity contribution in [2.24, 2.45) is 5.73 Å². The number of nitrogens with two attached hydrogens (primary N) is 1. The monoisotopic (exact) mass is 239 g/mol. The van der Waals surface area contributed by atoms with Gasteiger partial charge in [0.25, 0.3) is 0 Å². The quantitative estimate of drug-likeness (QED) is 0.804. The Balaban J connectivity index is 2.73. The first-order chi connectivity index (χ1) is 7.31. The predicted molar refractivity (Wildman–Crippen MR) is 48.6 cm³/mol. The highest BCUT2D eigenvalue weighted by Crippen LogP contribution is 2.27. The molecule has 0 fully saturated rings. The van der Waals surface area contributed by atoms with Crippen molar-refractivity contribution < 1.29 is 22.0 Å². The molecule has 2 N–H and O–H groups in total. The molecule has 0 saturated heterocycles. The maximum Gasteiger partial charge on any atom is 0.389 e. The Kier molecular flexibility index (Phi) is 3.85. The topological polar surface area (TPSA) is 26.0 Å². The molecule has 0 aliphatic carbocycles. The lowest BCUT2D eigenvalue weighted by molar-refractivity contribution is -0.136. The minimum atomic E-state index is -4.35. The third-order valence-electron chi connectivity index (χ3n) is 2.12. The van der Waals surface area contributed by atoms with Gasteiger partial charge in [0, 0.05) is 18.0 Å². The van der Waals surface area contributed by atoms with Crippen molar-refractivity contribution in [2.45, 2.75) is 25.1 Å². The molecular formula is C10H10F5N. The lowest BCUT2D eigenvalue weighted by Crippen LogP contribution is -2.17. The molecule has 0 aromatic heterocycles. The molecule has 1 aromatic rings. The zero-order valence-corrected chi connectivity index (χ0v) is 8.19. The van der Waals surface area contributed by atoms with Crippen LogP contribution in [0.2, 0.25) is 0 Å². The average molecular weight is 239 g/mol. The summed E-state index contributed by atoms with van der Waals surface area (Å²) < 4.78 is 61.6. The number of rotatable bonds is 3. The van der Waals surface area contributed by atoms with Gasteiger partial charge in [0.05, 0.1) is 0 Å². The number of benzene rings is 1. The van der Waals surface area contributed by atoms with Crippen LogP contribution in [0.5, 0.6) is 0 Å². The van der Waals surface area contributed by atoms with Crippen LogP contribution in [0.15, 0.2) is 18.2 Å². The largest absolute Gasteiger partial charge is 0.389 e. The Bertz CT molecular complexity index is 361. The molecule has 1 rings (SSSR count). The Morgan fingerprint density at radius 3 is 2.38 bits per heavy atom. The Morgan fingerprint density at radius 2 is 1.81 bits per heavy atom. The molecule has 0 bridgehead atoms. The molecule has 6 heteroatoms. The third-order valence-corrected chi connectivity index (χ3v) is 2.12. The SMILES string of the molecule is N[C@@H](CCC(F)(F)F)c1cccc(F)c1F. The summed E-state index contributed by atoms with van der Waals surface area (Å²) in [6.45, 7) is 0. The van der Waals surface area contributed by atoms with Crippen LogP contribution >= 0.6 is 0 Å². The minimum absolute atomic E-state index is 0.232. The highest BCUT2D eigenvalue weighted by atomic mass is 19.4. The minimum Gasteiger partial charge on any atom is -0.324 e. The smallest absolute Gasteiger partial charge is 0.324 e. The van der Waals surface area contributed by atoms with Crippen LogP contribution in [0.25, 0.3) is 0 Å². The first-order valence-electron chi connectivity index (χ1n) is 4.57. The van der Waals surface area contributed by atoms with Crippen LogP contribution in [0, 0.1) is 11.6 Å². The fourth-order valence-corrected chi connectivity index (χ4v) is 1.28. The van der Waals surface area contributed by atoms with Crippen LogP contribution in [0.1, 0.15) is 24.4 Å². The van der Waals surface area contributed by atoms with Crippen LogP contribution in [0.3, 0.4) is 0 Å². The standard InChI is InChI=1S/C10H10F5N/c11-7-3-1-2-6(9(7)12)8(16)4-5-10(13,14)15/h1-3,8H,4-5,16H2/t8-/m0/s1. The number of halogens is 5. The van der Waals surface area contributed by atoms with E-state index in [4.69, 9.17) is 5.73 Å². The fraction of sp³-hybridized carbons (Fsp3) is 0.400. The normalized spacial score (nSPS) is 13.9. The van der Waals surface area contributed by atoms with E-state index in [2.05, 4.69) is 0 Å². The molecule has 1 nitrogen and oxygen atoms in total. The molecule has 90 valence electrons. The zero-order valence-electron chi connectivity index (χ0n) is 8.19. The van der Waals surface area contributed by atoms with Gasteiger partial charge in [-0.3, -0.25) is 0 Å². The van der Waals surface area contributed by atoms with Gasteiger partial charge >= 0.3 is 6.18 Å². The van der Waals surface area contributed by atoms with E-state index in [9.17, 15) is 22.0 Å². The second-order valence-corrected chi connectivity index (χ2v) is 3.40. The highest BCUT2D eigenvalue weighted by Gasteiger charge is 2.28. The molecule has 1 aromatic carbocycles. The van der Waals surface area contributed by atoms with Gasteiger partial charge in [-0.2, -0.15) is 13.2 Å². The summed E-state index contributed by atoms with van der Waals surface area (Å²) in [5, 5.41) is 0. The van der Waals surface area contributed by atoms with Gasteiger partial charge in [-0.1, -0.05) is 12.1 Å². The van der Waals surface area contributed by atoms with Gasteiger partial charge in [-0.25, -0.2) is 8.78 Å². The molecule has 0 spiro atoms. The Labute approximate surface area is 89.1 Å². The summed E-state index contributed by atoms with van der Waals surface area (Å²) in [5.41, 5.74) is 5.13. The van der Waals surface area contributed by atoms with E-state index in [-0.39, 0.29) is 5.56 Å². The van der Waals surface area contributed by atoms with E-state index in [0.717, 1.165) is 6.07 Å². The van der Waals surface area contributed by atoms with Crippen LogP contribution in [-0.4, -0.2) is 6.18 Å². The van der Waals surface area contributed by atoms with Crippen LogP contribution < -0.4 is 5.73 Å². The molecule has 16 heavy (non-hydrogen) atoms. The number of hydrogen-bond donors (Lipinski definition) is 1. The highest BCUT2D eigenvalue weighted by molar-refractivity contribution is 5.22. The van der Waals surface area contributed by atoms with Crippen molar-refractivity contribution in [3.63, 3.8) is 0 Å². The molecule has 1 atom stereocenters.